The monoisotopic (exact) mass is 221 g/mol. The Morgan fingerprint density at radius 2 is 2.31 bits per heavy atom. The summed E-state index contributed by atoms with van der Waals surface area (Å²) in [4.78, 5) is 4.34. The van der Waals surface area contributed by atoms with Gasteiger partial charge in [-0.1, -0.05) is 0 Å². The number of aliphatic hydroxyl groups excluding tert-OH is 1. The summed E-state index contributed by atoms with van der Waals surface area (Å²) in [6.45, 7) is 0.161. The second kappa shape index (κ2) is 4.11. The number of imidazole rings is 1. The first-order valence-electron chi connectivity index (χ1n) is 5.06. The van der Waals surface area contributed by atoms with Gasteiger partial charge < -0.3 is 20.1 Å². The number of methoxy groups -OCH3 is 1. The van der Waals surface area contributed by atoms with Crippen LogP contribution in [0.2, 0.25) is 0 Å². The van der Waals surface area contributed by atoms with Crippen molar-refractivity contribution in [2.24, 2.45) is 12.8 Å². The predicted octanol–water partition coefficient (Wildman–Crippen LogP) is 0.574. The molecule has 0 radical (unpaired) electrons. The number of hydrogen-bond donors (Lipinski definition) is 2. The maximum Gasteiger partial charge on any atom is 0.139 e. The van der Waals surface area contributed by atoms with Gasteiger partial charge in [-0.3, -0.25) is 0 Å². The van der Waals surface area contributed by atoms with Gasteiger partial charge in [-0.25, -0.2) is 4.98 Å². The highest BCUT2D eigenvalue weighted by Gasteiger charge is 2.14. The van der Waals surface area contributed by atoms with Crippen LogP contribution in [0.5, 0.6) is 5.75 Å². The molecule has 1 aromatic heterocycles. The van der Waals surface area contributed by atoms with Gasteiger partial charge in [0.05, 0.1) is 18.1 Å². The Balaban J connectivity index is 2.58. The molecule has 0 spiro atoms. The summed E-state index contributed by atoms with van der Waals surface area (Å²) >= 11 is 0. The molecule has 1 atom stereocenters. The Morgan fingerprint density at radius 3 is 2.94 bits per heavy atom. The van der Waals surface area contributed by atoms with Crippen LogP contribution in [-0.4, -0.2) is 28.3 Å². The third-order valence-electron chi connectivity index (χ3n) is 2.64. The fourth-order valence-electron chi connectivity index (χ4n) is 1.73. The van der Waals surface area contributed by atoms with Crippen molar-refractivity contribution in [1.29, 1.82) is 0 Å². The Labute approximate surface area is 93.5 Å². The Bertz CT molecular complexity index is 507. The number of hydrogen-bond acceptors (Lipinski definition) is 4. The number of aliphatic hydroxyl groups is 1. The van der Waals surface area contributed by atoms with Crippen molar-refractivity contribution in [3.63, 3.8) is 0 Å². The molecule has 2 aromatic rings. The fourth-order valence-corrected chi connectivity index (χ4v) is 1.73. The summed E-state index contributed by atoms with van der Waals surface area (Å²) in [5, 5.41) is 9.70. The zero-order chi connectivity index (χ0) is 11.7. The van der Waals surface area contributed by atoms with E-state index < -0.39 is 6.10 Å². The van der Waals surface area contributed by atoms with E-state index in [0.29, 0.717) is 5.82 Å². The minimum absolute atomic E-state index is 0.161. The second-order valence-electron chi connectivity index (χ2n) is 3.64. The molecule has 0 bridgehead atoms. The maximum absolute atomic E-state index is 9.70. The van der Waals surface area contributed by atoms with Gasteiger partial charge in [0.1, 0.15) is 17.7 Å². The molecule has 1 heterocycles. The summed E-state index contributed by atoms with van der Waals surface area (Å²) in [6, 6.07) is 5.61. The van der Waals surface area contributed by atoms with Gasteiger partial charge in [-0.2, -0.15) is 0 Å². The summed E-state index contributed by atoms with van der Waals surface area (Å²) < 4.78 is 6.96. The van der Waals surface area contributed by atoms with Crippen molar-refractivity contribution in [1.82, 2.24) is 9.55 Å². The van der Waals surface area contributed by atoms with Gasteiger partial charge in [-0.15, -0.1) is 0 Å². The molecule has 0 aliphatic carbocycles. The molecule has 5 nitrogen and oxygen atoms in total. The molecule has 0 saturated carbocycles. The van der Waals surface area contributed by atoms with Crippen molar-refractivity contribution < 1.29 is 9.84 Å². The smallest absolute Gasteiger partial charge is 0.139 e. The molecule has 0 fully saturated rings. The summed E-state index contributed by atoms with van der Waals surface area (Å²) in [7, 11) is 3.47. The largest absolute Gasteiger partial charge is 0.497 e. The van der Waals surface area contributed by atoms with Crippen LogP contribution in [0.25, 0.3) is 11.0 Å². The molecule has 1 unspecified atom stereocenters. The van der Waals surface area contributed by atoms with Crippen LogP contribution in [0, 0.1) is 0 Å². The van der Waals surface area contributed by atoms with Crippen molar-refractivity contribution in [2.45, 2.75) is 6.10 Å². The van der Waals surface area contributed by atoms with E-state index in [2.05, 4.69) is 4.98 Å². The van der Waals surface area contributed by atoms with E-state index in [9.17, 15) is 5.11 Å². The number of nitrogens with zero attached hydrogens (tertiary/aromatic N) is 2. The lowest BCUT2D eigenvalue weighted by Gasteiger charge is -2.06. The molecule has 3 N–H and O–H groups in total. The zero-order valence-corrected chi connectivity index (χ0v) is 9.34. The Hall–Kier alpha value is -1.59. The average molecular weight is 221 g/mol. The highest BCUT2D eigenvalue weighted by atomic mass is 16.5. The van der Waals surface area contributed by atoms with Gasteiger partial charge in [0.25, 0.3) is 0 Å². The molecule has 5 heteroatoms. The van der Waals surface area contributed by atoms with E-state index in [4.69, 9.17) is 10.5 Å². The SMILES string of the molecule is COc1ccc2c(c1)nc(C(O)CN)n2C. The molecule has 0 aliphatic rings. The number of ether oxygens (including phenoxy) is 1. The summed E-state index contributed by atoms with van der Waals surface area (Å²) in [5.41, 5.74) is 7.17. The van der Waals surface area contributed by atoms with Crippen molar-refractivity contribution in [2.75, 3.05) is 13.7 Å². The molecular formula is C11H15N3O2. The lowest BCUT2D eigenvalue weighted by molar-refractivity contribution is 0.174. The van der Waals surface area contributed by atoms with E-state index in [1.165, 1.54) is 0 Å². The third-order valence-corrected chi connectivity index (χ3v) is 2.64. The number of aryl methyl sites for hydroxylation is 1. The van der Waals surface area contributed by atoms with Gasteiger partial charge >= 0.3 is 0 Å². The quantitative estimate of drug-likeness (QED) is 0.795. The number of nitrogens with two attached hydrogens (primary N) is 1. The number of rotatable bonds is 3. The molecule has 16 heavy (non-hydrogen) atoms. The molecule has 0 aliphatic heterocycles. The second-order valence-corrected chi connectivity index (χ2v) is 3.64. The van der Waals surface area contributed by atoms with Crippen LogP contribution in [0.4, 0.5) is 0 Å². The van der Waals surface area contributed by atoms with E-state index in [1.54, 1.807) is 7.11 Å². The normalized spacial score (nSPS) is 13.0. The average Bonchev–Trinajstić information content (AvgIpc) is 2.65. The number of fused-ring (bicyclic) bond motifs is 1. The van der Waals surface area contributed by atoms with Gasteiger partial charge in [-0.05, 0) is 12.1 Å². The first-order valence-corrected chi connectivity index (χ1v) is 5.06. The van der Waals surface area contributed by atoms with Crippen LogP contribution < -0.4 is 10.5 Å². The van der Waals surface area contributed by atoms with Crippen LogP contribution >= 0.6 is 0 Å². The Morgan fingerprint density at radius 1 is 1.56 bits per heavy atom. The number of benzene rings is 1. The van der Waals surface area contributed by atoms with Crippen molar-refractivity contribution >= 4 is 11.0 Å². The maximum atomic E-state index is 9.70. The molecular weight excluding hydrogens is 206 g/mol. The van der Waals surface area contributed by atoms with Crippen LogP contribution in [0.1, 0.15) is 11.9 Å². The minimum Gasteiger partial charge on any atom is -0.497 e. The third kappa shape index (κ3) is 1.64. The van der Waals surface area contributed by atoms with E-state index in [0.717, 1.165) is 16.8 Å². The fraction of sp³-hybridized carbons (Fsp3) is 0.364. The highest BCUT2D eigenvalue weighted by Crippen LogP contribution is 2.23. The first kappa shape index (κ1) is 10.9. The predicted molar refractivity (Wildman–Crippen MR) is 61.3 cm³/mol. The lowest BCUT2D eigenvalue weighted by Crippen LogP contribution is -2.15. The summed E-state index contributed by atoms with van der Waals surface area (Å²) in [5.74, 6) is 1.32. The van der Waals surface area contributed by atoms with Gasteiger partial charge in [0, 0.05) is 19.7 Å². The molecule has 0 amide bonds. The first-order chi connectivity index (χ1) is 7.67. The van der Waals surface area contributed by atoms with E-state index >= 15 is 0 Å². The molecule has 2 rings (SSSR count). The van der Waals surface area contributed by atoms with E-state index in [1.807, 2.05) is 29.8 Å². The van der Waals surface area contributed by atoms with Crippen LogP contribution in [0.15, 0.2) is 18.2 Å². The van der Waals surface area contributed by atoms with Crippen molar-refractivity contribution in [3.8, 4) is 5.75 Å². The van der Waals surface area contributed by atoms with Crippen LogP contribution in [-0.2, 0) is 7.05 Å². The molecule has 1 aromatic carbocycles. The molecule has 86 valence electrons. The van der Waals surface area contributed by atoms with Gasteiger partial charge in [0.2, 0.25) is 0 Å². The standard InChI is InChI=1S/C11H15N3O2/c1-14-9-4-3-7(16-2)5-8(9)13-11(14)10(15)6-12/h3-5,10,15H,6,12H2,1-2H3. The minimum atomic E-state index is -0.733. The summed E-state index contributed by atoms with van der Waals surface area (Å²) in [6.07, 6.45) is -0.733. The van der Waals surface area contributed by atoms with Gasteiger partial charge in [0.15, 0.2) is 0 Å². The van der Waals surface area contributed by atoms with Crippen molar-refractivity contribution in [3.05, 3.63) is 24.0 Å². The zero-order valence-electron chi connectivity index (χ0n) is 9.34. The van der Waals surface area contributed by atoms with E-state index in [-0.39, 0.29) is 6.54 Å². The topological polar surface area (TPSA) is 73.3 Å². The molecule has 0 saturated heterocycles. The van der Waals surface area contributed by atoms with Crippen LogP contribution in [0.3, 0.4) is 0 Å². The highest BCUT2D eigenvalue weighted by molar-refractivity contribution is 5.77. The Kier molecular flexibility index (Phi) is 2.80. The lowest BCUT2D eigenvalue weighted by atomic mass is 10.3. The number of aromatic nitrogens is 2.